The van der Waals surface area contributed by atoms with E-state index in [1.165, 1.54) is 18.4 Å². The number of rotatable bonds is 5. The lowest BCUT2D eigenvalue weighted by Crippen LogP contribution is -2.56. The zero-order valence-corrected chi connectivity index (χ0v) is 22.1. The molecule has 0 saturated heterocycles. The van der Waals surface area contributed by atoms with E-state index < -0.39 is 0 Å². The van der Waals surface area contributed by atoms with Gasteiger partial charge in [0.2, 0.25) is 0 Å². The van der Waals surface area contributed by atoms with Gasteiger partial charge >= 0.3 is 0 Å². The molecule has 0 amide bonds. The molecular formula is C30H46O3. The number of carbonyl (C=O) groups excluding carboxylic acids is 2. The summed E-state index contributed by atoms with van der Waals surface area (Å²) in [4.78, 5) is 26.8. The second kappa shape index (κ2) is 8.18. The Kier molecular flexibility index (Phi) is 6.17. The molecule has 2 saturated carbocycles. The number of hydrogen-bond donors (Lipinski definition) is 1. The molecule has 6 unspecified atom stereocenters. The third-order valence-corrected chi connectivity index (χ3v) is 11.3. The van der Waals surface area contributed by atoms with E-state index >= 15 is 0 Å². The highest BCUT2D eigenvalue weighted by atomic mass is 16.3. The van der Waals surface area contributed by atoms with Crippen LogP contribution in [0.5, 0.6) is 0 Å². The Bertz CT molecular complexity index is 908. The molecule has 1 N–H and O–H groups in total. The topological polar surface area (TPSA) is 54.4 Å². The third-order valence-electron chi connectivity index (χ3n) is 11.3. The van der Waals surface area contributed by atoms with Crippen LogP contribution in [0, 0.1) is 39.4 Å². The standard InChI is InChI=1S/C30H46O3/c1-19(18-31)9-8-10-20(2)21-13-16-29(6)22-11-12-24-27(3,4)25(33)14-15-28(24,5)26(22)23(32)17-30(21,29)7/h9,20-21,24,31H,8,10-18H2,1-7H3. The van der Waals surface area contributed by atoms with Crippen LogP contribution in [0.4, 0.5) is 0 Å². The van der Waals surface area contributed by atoms with Crippen LogP contribution in [0.3, 0.4) is 0 Å². The number of allylic oxidation sites excluding steroid dienone is 3. The molecule has 3 nitrogen and oxygen atoms in total. The number of hydrogen-bond acceptors (Lipinski definition) is 3. The summed E-state index contributed by atoms with van der Waals surface area (Å²) in [5, 5.41) is 9.30. The minimum absolute atomic E-state index is 0.0152. The zero-order valence-electron chi connectivity index (χ0n) is 22.1. The SMILES string of the molecule is CC(=CCCC(C)C1CCC2(C)C3=C(C(=O)CC12C)C1(C)CCC(=O)C(C)(C)C1CC3)CO. The highest BCUT2D eigenvalue weighted by molar-refractivity contribution is 6.00. The molecule has 184 valence electrons. The molecule has 0 bridgehead atoms. The molecule has 4 aliphatic rings. The quantitative estimate of drug-likeness (QED) is 0.463. The minimum atomic E-state index is -0.333. The number of fused-ring (bicyclic) bond motifs is 4. The fraction of sp³-hybridized carbons (Fsp3) is 0.800. The van der Waals surface area contributed by atoms with Crippen LogP contribution in [0.25, 0.3) is 0 Å². The summed E-state index contributed by atoms with van der Waals surface area (Å²) >= 11 is 0. The highest BCUT2D eigenvalue weighted by Crippen LogP contribution is 2.71. The van der Waals surface area contributed by atoms with E-state index in [2.05, 4.69) is 47.6 Å². The molecule has 4 aliphatic carbocycles. The van der Waals surface area contributed by atoms with Crippen molar-refractivity contribution in [2.75, 3.05) is 6.61 Å². The van der Waals surface area contributed by atoms with Gasteiger partial charge in [-0.1, -0.05) is 58.8 Å². The number of ketones is 2. The first kappa shape index (κ1) is 24.9. The van der Waals surface area contributed by atoms with Crippen LogP contribution in [0.2, 0.25) is 0 Å². The van der Waals surface area contributed by atoms with Crippen LogP contribution in [0.15, 0.2) is 22.8 Å². The number of carbonyl (C=O) groups is 2. The molecule has 0 aromatic rings. The smallest absolute Gasteiger partial charge is 0.159 e. The van der Waals surface area contributed by atoms with Crippen molar-refractivity contribution in [2.24, 2.45) is 39.4 Å². The van der Waals surface area contributed by atoms with Crippen LogP contribution in [-0.2, 0) is 9.59 Å². The van der Waals surface area contributed by atoms with E-state index in [1.54, 1.807) is 0 Å². The maximum Gasteiger partial charge on any atom is 0.159 e. The molecule has 2 fully saturated rings. The number of aliphatic hydroxyl groups excluding tert-OH is 1. The van der Waals surface area contributed by atoms with Gasteiger partial charge in [-0.05, 0) is 80.5 Å². The molecule has 0 heterocycles. The van der Waals surface area contributed by atoms with Gasteiger partial charge in [-0.15, -0.1) is 0 Å². The van der Waals surface area contributed by atoms with Gasteiger partial charge in [0.25, 0.3) is 0 Å². The van der Waals surface area contributed by atoms with Crippen LogP contribution in [0.1, 0.15) is 106 Å². The maximum absolute atomic E-state index is 14.0. The summed E-state index contributed by atoms with van der Waals surface area (Å²) in [7, 11) is 0. The summed E-state index contributed by atoms with van der Waals surface area (Å²) in [6.07, 6.45) is 10.8. The second-order valence-electron chi connectivity index (χ2n) is 13.3. The Morgan fingerprint density at radius 2 is 1.79 bits per heavy atom. The Hall–Kier alpha value is -1.22. The van der Waals surface area contributed by atoms with Crippen LogP contribution < -0.4 is 0 Å². The summed E-state index contributed by atoms with van der Waals surface area (Å²) in [5.74, 6) is 2.16. The van der Waals surface area contributed by atoms with Gasteiger partial charge in [-0.2, -0.15) is 0 Å². The van der Waals surface area contributed by atoms with Crippen molar-refractivity contribution in [3.8, 4) is 0 Å². The molecular weight excluding hydrogens is 408 g/mol. The van der Waals surface area contributed by atoms with Gasteiger partial charge in [-0.3, -0.25) is 9.59 Å². The molecule has 33 heavy (non-hydrogen) atoms. The van der Waals surface area contributed by atoms with Crippen molar-refractivity contribution in [3.63, 3.8) is 0 Å². The van der Waals surface area contributed by atoms with E-state index in [0.29, 0.717) is 36.2 Å². The van der Waals surface area contributed by atoms with Crippen molar-refractivity contribution in [3.05, 3.63) is 22.8 Å². The highest BCUT2D eigenvalue weighted by Gasteiger charge is 2.65. The fourth-order valence-corrected chi connectivity index (χ4v) is 9.11. The largest absolute Gasteiger partial charge is 0.392 e. The molecule has 0 aromatic heterocycles. The predicted molar refractivity (Wildman–Crippen MR) is 134 cm³/mol. The fourth-order valence-electron chi connectivity index (χ4n) is 9.11. The van der Waals surface area contributed by atoms with Crippen molar-refractivity contribution in [1.29, 1.82) is 0 Å². The van der Waals surface area contributed by atoms with Gasteiger partial charge in [0, 0.05) is 29.2 Å². The molecule has 0 radical (unpaired) electrons. The van der Waals surface area contributed by atoms with Gasteiger partial charge in [0.1, 0.15) is 5.78 Å². The predicted octanol–water partition coefficient (Wildman–Crippen LogP) is 6.84. The molecule has 0 aliphatic heterocycles. The lowest BCUT2D eigenvalue weighted by Gasteiger charge is -2.60. The molecule has 6 atom stereocenters. The first-order valence-electron chi connectivity index (χ1n) is 13.4. The summed E-state index contributed by atoms with van der Waals surface area (Å²) in [5.41, 5.74) is 3.28. The van der Waals surface area contributed by atoms with Crippen LogP contribution in [-0.4, -0.2) is 23.3 Å². The van der Waals surface area contributed by atoms with Crippen molar-refractivity contribution >= 4 is 11.6 Å². The van der Waals surface area contributed by atoms with Gasteiger partial charge < -0.3 is 5.11 Å². The number of aliphatic hydroxyl groups is 1. The van der Waals surface area contributed by atoms with Crippen LogP contribution >= 0.6 is 0 Å². The Morgan fingerprint density at radius 3 is 2.45 bits per heavy atom. The van der Waals surface area contributed by atoms with Crippen molar-refractivity contribution in [2.45, 2.75) is 106 Å². The molecule has 0 spiro atoms. The van der Waals surface area contributed by atoms with Gasteiger partial charge in [0.15, 0.2) is 5.78 Å². The Balaban J connectivity index is 1.68. The average molecular weight is 455 g/mol. The first-order valence-corrected chi connectivity index (χ1v) is 13.4. The second-order valence-corrected chi connectivity index (χ2v) is 13.3. The molecule has 4 rings (SSSR count). The first-order chi connectivity index (χ1) is 15.3. The van der Waals surface area contributed by atoms with Gasteiger partial charge in [-0.25, -0.2) is 0 Å². The summed E-state index contributed by atoms with van der Waals surface area (Å²) in [6, 6.07) is 0. The summed E-state index contributed by atoms with van der Waals surface area (Å²) in [6.45, 7) is 16.0. The zero-order chi connectivity index (χ0) is 24.4. The number of Topliss-reactive ketones (excluding diaryl/α,β-unsaturated/α-hetero) is 2. The summed E-state index contributed by atoms with van der Waals surface area (Å²) < 4.78 is 0. The van der Waals surface area contributed by atoms with E-state index in [-0.39, 0.29) is 34.2 Å². The maximum atomic E-state index is 14.0. The molecule has 0 aromatic carbocycles. The van der Waals surface area contributed by atoms with Gasteiger partial charge in [0.05, 0.1) is 6.61 Å². The minimum Gasteiger partial charge on any atom is -0.392 e. The third kappa shape index (κ3) is 3.46. The normalized spacial score (nSPS) is 41.5. The van der Waals surface area contributed by atoms with Crippen molar-refractivity contribution in [1.82, 2.24) is 0 Å². The Morgan fingerprint density at radius 1 is 1.09 bits per heavy atom. The molecule has 3 heteroatoms. The Labute approximate surface area is 201 Å². The van der Waals surface area contributed by atoms with E-state index in [4.69, 9.17) is 0 Å². The van der Waals surface area contributed by atoms with E-state index in [1.807, 2.05) is 6.92 Å². The lowest BCUT2D eigenvalue weighted by molar-refractivity contribution is -0.142. The van der Waals surface area contributed by atoms with E-state index in [0.717, 1.165) is 43.3 Å². The monoisotopic (exact) mass is 454 g/mol. The van der Waals surface area contributed by atoms with Crippen molar-refractivity contribution < 1.29 is 14.7 Å². The average Bonchev–Trinajstić information content (AvgIpc) is 3.02. The van der Waals surface area contributed by atoms with E-state index in [9.17, 15) is 14.7 Å². The lowest BCUT2D eigenvalue weighted by atomic mass is 9.43.